The van der Waals surface area contributed by atoms with Crippen molar-refractivity contribution in [1.29, 1.82) is 0 Å². The molecule has 0 aliphatic carbocycles. The number of aliphatic hydroxyl groups is 1. The molecule has 3 aromatic rings. The Labute approximate surface area is 188 Å². The predicted octanol–water partition coefficient (Wildman–Crippen LogP) is 2.59. The number of pyridine rings is 1. The van der Waals surface area contributed by atoms with Crippen LogP contribution in [0.2, 0.25) is 0 Å². The van der Waals surface area contributed by atoms with Gasteiger partial charge in [-0.05, 0) is 62.7 Å². The van der Waals surface area contributed by atoms with E-state index in [0.717, 1.165) is 50.0 Å². The molecule has 4 heterocycles. The summed E-state index contributed by atoms with van der Waals surface area (Å²) in [5, 5.41) is 20.9. The van der Waals surface area contributed by atoms with Crippen LogP contribution in [0.3, 0.4) is 0 Å². The Balaban J connectivity index is 1.62. The molecule has 0 spiro atoms. The Morgan fingerprint density at radius 3 is 2.78 bits per heavy atom. The number of hydrogen-bond acceptors (Lipinski definition) is 8. The summed E-state index contributed by atoms with van der Waals surface area (Å²) in [6.45, 7) is 7.03. The Hall–Kier alpha value is -2.78. The molecule has 0 amide bonds. The van der Waals surface area contributed by atoms with E-state index in [0.29, 0.717) is 30.2 Å². The maximum Gasteiger partial charge on any atom is 0.222 e. The van der Waals surface area contributed by atoms with Crippen molar-refractivity contribution in [2.45, 2.75) is 64.5 Å². The van der Waals surface area contributed by atoms with Crippen LogP contribution in [0.5, 0.6) is 0 Å². The van der Waals surface area contributed by atoms with Crippen molar-refractivity contribution in [3.8, 4) is 0 Å². The minimum Gasteiger partial charge on any atom is -0.396 e. The molecule has 0 aromatic carbocycles. The SMILES string of the molecule is CCCC(CCO)Nc1nc(N)nc2cnn(Cc3ncc(C4CCNCC4)cc3C)c12. The number of aromatic nitrogens is 5. The predicted molar refractivity (Wildman–Crippen MR) is 127 cm³/mol. The second-order valence-electron chi connectivity index (χ2n) is 8.67. The van der Waals surface area contributed by atoms with Gasteiger partial charge in [0.15, 0.2) is 5.82 Å². The maximum absolute atomic E-state index is 9.44. The van der Waals surface area contributed by atoms with Gasteiger partial charge in [0, 0.05) is 18.8 Å². The molecule has 0 saturated carbocycles. The fourth-order valence-electron chi connectivity index (χ4n) is 4.53. The molecule has 172 valence electrons. The number of aliphatic hydroxyl groups excluding tert-OH is 1. The zero-order chi connectivity index (χ0) is 22.5. The Kier molecular flexibility index (Phi) is 7.16. The number of anilines is 2. The first-order chi connectivity index (χ1) is 15.6. The van der Waals surface area contributed by atoms with Gasteiger partial charge in [-0.1, -0.05) is 19.4 Å². The van der Waals surface area contributed by atoms with Crippen LogP contribution in [0.4, 0.5) is 11.8 Å². The summed E-state index contributed by atoms with van der Waals surface area (Å²) in [6, 6.07) is 2.38. The first kappa shape index (κ1) is 22.4. The standard InChI is InChI=1S/C23H34N8O/c1-3-4-18(7-10-32)28-22-21-19(29-23(24)30-22)13-27-31(21)14-20-15(2)11-17(12-26-20)16-5-8-25-9-6-16/h11-13,16,18,25,32H,3-10,14H2,1-2H3,(H3,24,28,29,30). The number of nitrogen functional groups attached to an aromatic ring is 1. The Morgan fingerprint density at radius 1 is 1.25 bits per heavy atom. The number of nitrogens with zero attached hydrogens (tertiary/aromatic N) is 5. The van der Waals surface area contributed by atoms with Gasteiger partial charge >= 0.3 is 0 Å². The molecule has 1 aliphatic rings. The molecule has 1 atom stereocenters. The van der Waals surface area contributed by atoms with Crippen molar-refractivity contribution < 1.29 is 5.11 Å². The number of nitrogens with one attached hydrogen (secondary N) is 2. The lowest BCUT2D eigenvalue weighted by atomic mass is 9.90. The van der Waals surface area contributed by atoms with E-state index in [4.69, 9.17) is 10.7 Å². The number of rotatable bonds is 9. The number of hydrogen-bond donors (Lipinski definition) is 4. The molecule has 9 nitrogen and oxygen atoms in total. The van der Waals surface area contributed by atoms with Gasteiger partial charge in [0.2, 0.25) is 5.95 Å². The highest BCUT2D eigenvalue weighted by Gasteiger charge is 2.19. The Bertz CT molecular complexity index is 1040. The lowest BCUT2D eigenvalue weighted by Crippen LogP contribution is -2.26. The second-order valence-corrected chi connectivity index (χ2v) is 8.67. The smallest absolute Gasteiger partial charge is 0.222 e. The van der Waals surface area contributed by atoms with E-state index in [1.54, 1.807) is 6.20 Å². The average molecular weight is 439 g/mol. The van der Waals surface area contributed by atoms with Crippen LogP contribution in [-0.2, 0) is 6.54 Å². The third-order valence-corrected chi connectivity index (χ3v) is 6.28. The third-order valence-electron chi connectivity index (χ3n) is 6.28. The molecule has 4 rings (SSSR count). The van der Waals surface area contributed by atoms with Gasteiger partial charge in [-0.15, -0.1) is 0 Å². The van der Waals surface area contributed by atoms with Crippen molar-refractivity contribution in [2.24, 2.45) is 0 Å². The van der Waals surface area contributed by atoms with Gasteiger partial charge in [-0.3, -0.25) is 9.67 Å². The quantitative estimate of drug-likeness (QED) is 0.401. The van der Waals surface area contributed by atoms with E-state index in [1.807, 2.05) is 10.9 Å². The first-order valence-corrected chi connectivity index (χ1v) is 11.6. The fourth-order valence-corrected chi connectivity index (χ4v) is 4.53. The van der Waals surface area contributed by atoms with Crippen molar-refractivity contribution in [1.82, 2.24) is 30.0 Å². The minimum atomic E-state index is 0.106. The summed E-state index contributed by atoms with van der Waals surface area (Å²) in [7, 11) is 0. The van der Waals surface area contributed by atoms with E-state index in [2.05, 4.69) is 45.6 Å². The van der Waals surface area contributed by atoms with E-state index < -0.39 is 0 Å². The molecular weight excluding hydrogens is 404 g/mol. The number of piperidine rings is 1. The van der Waals surface area contributed by atoms with Crippen LogP contribution in [0.1, 0.15) is 61.8 Å². The van der Waals surface area contributed by atoms with Gasteiger partial charge in [-0.2, -0.15) is 10.1 Å². The third kappa shape index (κ3) is 4.99. The number of aryl methyl sites for hydroxylation is 1. The largest absolute Gasteiger partial charge is 0.396 e. The summed E-state index contributed by atoms with van der Waals surface area (Å²) in [5.41, 5.74) is 10.9. The van der Waals surface area contributed by atoms with Gasteiger partial charge in [0.05, 0.1) is 18.4 Å². The van der Waals surface area contributed by atoms with Crippen molar-refractivity contribution >= 4 is 22.8 Å². The monoisotopic (exact) mass is 438 g/mol. The summed E-state index contributed by atoms with van der Waals surface area (Å²) >= 11 is 0. The van der Waals surface area contributed by atoms with Crippen LogP contribution in [0.15, 0.2) is 18.5 Å². The zero-order valence-corrected chi connectivity index (χ0v) is 19.0. The van der Waals surface area contributed by atoms with Crippen molar-refractivity contribution in [3.63, 3.8) is 0 Å². The zero-order valence-electron chi connectivity index (χ0n) is 19.0. The summed E-state index contributed by atoms with van der Waals surface area (Å²) in [4.78, 5) is 13.6. The highest BCUT2D eigenvalue weighted by atomic mass is 16.3. The fraction of sp³-hybridized carbons (Fsp3) is 0.565. The lowest BCUT2D eigenvalue weighted by molar-refractivity contribution is 0.276. The summed E-state index contributed by atoms with van der Waals surface area (Å²) < 4.78 is 1.89. The van der Waals surface area contributed by atoms with E-state index in [1.165, 1.54) is 11.1 Å². The van der Waals surface area contributed by atoms with Gasteiger partial charge in [-0.25, -0.2) is 4.98 Å². The minimum absolute atomic E-state index is 0.106. The van der Waals surface area contributed by atoms with E-state index >= 15 is 0 Å². The normalized spacial score (nSPS) is 15.8. The second kappa shape index (κ2) is 10.2. The number of nitrogens with two attached hydrogens (primary N) is 1. The van der Waals surface area contributed by atoms with Gasteiger partial charge in [0.1, 0.15) is 11.0 Å². The summed E-state index contributed by atoms with van der Waals surface area (Å²) in [5.74, 6) is 1.44. The molecule has 5 N–H and O–H groups in total. The van der Waals surface area contributed by atoms with Crippen molar-refractivity contribution in [2.75, 3.05) is 30.7 Å². The van der Waals surface area contributed by atoms with Crippen LogP contribution in [0, 0.1) is 6.92 Å². The molecule has 1 unspecified atom stereocenters. The number of fused-ring (bicyclic) bond motifs is 1. The summed E-state index contributed by atoms with van der Waals surface area (Å²) in [6.07, 6.45) is 8.64. The topological polar surface area (TPSA) is 127 Å². The highest BCUT2D eigenvalue weighted by molar-refractivity contribution is 5.86. The molecular formula is C23H34N8O. The molecule has 0 bridgehead atoms. The van der Waals surface area contributed by atoms with E-state index in [-0.39, 0.29) is 18.6 Å². The lowest BCUT2D eigenvalue weighted by Gasteiger charge is -2.23. The molecule has 1 fully saturated rings. The van der Waals surface area contributed by atoms with Crippen LogP contribution >= 0.6 is 0 Å². The average Bonchev–Trinajstić information content (AvgIpc) is 3.18. The van der Waals surface area contributed by atoms with Crippen LogP contribution < -0.4 is 16.4 Å². The van der Waals surface area contributed by atoms with Crippen molar-refractivity contribution in [3.05, 3.63) is 35.3 Å². The first-order valence-electron chi connectivity index (χ1n) is 11.6. The molecule has 9 heteroatoms. The Morgan fingerprint density at radius 2 is 2.06 bits per heavy atom. The van der Waals surface area contributed by atoms with Crippen LogP contribution in [-0.4, -0.2) is 55.6 Å². The van der Waals surface area contributed by atoms with Gasteiger partial charge < -0.3 is 21.5 Å². The van der Waals surface area contributed by atoms with Gasteiger partial charge in [0.25, 0.3) is 0 Å². The van der Waals surface area contributed by atoms with E-state index in [9.17, 15) is 5.11 Å². The maximum atomic E-state index is 9.44. The molecule has 1 aliphatic heterocycles. The highest BCUT2D eigenvalue weighted by Crippen LogP contribution is 2.27. The molecule has 1 saturated heterocycles. The molecule has 3 aromatic heterocycles. The molecule has 32 heavy (non-hydrogen) atoms. The molecule has 0 radical (unpaired) electrons. The van der Waals surface area contributed by atoms with Crippen LogP contribution in [0.25, 0.3) is 11.0 Å².